The molecule has 8 heteroatoms. The van der Waals surface area contributed by atoms with Crippen molar-refractivity contribution in [2.24, 2.45) is 5.92 Å². The van der Waals surface area contributed by atoms with Crippen LogP contribution in [0.4, 0.5) is 23.9 Å². The molecule has 20 heavy (non-hydrogen) atoms. The number of carbonyl (C=O) groups is 1. The van der Waals surface area contributed by atoms with Crippen molar-refractivity contribution in [3.05, 3.63) is 10.4 Å². The van der Waals surface area contributed by atoms with Crippen LogP contribution < -0.4 is 11.1 Å². The average Bonchev–Trinajstić information content (AvgIpc) is 3.13. The van der Waals surface area contributed by atoms with Crippen LogP contribution in [-0.2, 0) is 0 Å². The quantitative estimate of drug-likeness (QED) is 0.819. The Morgan fingerprint density at radius 2 is 2.15 bits per heavy atom. The molecule has 108 valence electrons. The number of nitrogens with one attached hydrogen (secondary N) is 1. The number of alkyl halides is 3. The van der Waals surface area contributed by atoms with Gasteiger partial charge in [0.15, 0.2) is 5.78 Å². The van der Waals surface area contributed by atoms with Crippen LogP contribution in [-0.4, -0.2) is 18.5 Å². The van der Waals surface area contributed by atoms with E-state index in [-0.39, 0.29) is 39.4 Å². The van der Waals surface area contributed by atoms with Crippen molar-refractivity contribution < 1.29 is 18.0 Å². The van der Waals surface area contributed by atoms with Gasteiger partial charge in [-0.1, -0.05) is 0 Å². The molecule has 0 atom stereocenters. The fourth-order valence-electron chi connectivity index (χ4n) is 1.71. The molecule has 0 amide bonds. The van der Waals surface area contributed by atoms with Gasteiger partial charge in [0.05, 0.1) is 17.0 Å². The molecule has 1 aliphatic rings. The highest BCUT2D eigenvalue weighted by atomic mass is 32.1. The monoisotopic (exact) mass is 303 g/mol. The summed E-state index contributed by atoms with van der Waals surface area (Å²) in [4.78, 5) is 12.2. The number of carbonyl (C=O) groups excluding carboxylic acids is 1. The summed E-state index contributed by atoms with van der Waals surface area (Å²) in [6.45, 7) is -0.352. The number of Topliss-reactive ketones (excluding diaryl/α,β-unsaturated/α-hetero) is 1. The largest absolute Gasteiger partial charge is 0.396 e. The lowest BCUT2D eigenvalue weighted by Crippen LogP contribution is -2.14. The Morgan fingerprint density at radius 1 is 1.50 bits per heavy atom. The molecule has 0 bridgehead atoms. The van der Waals surface area contributed by atoms with Crippen molar-refractivity contribution in [3.8, 4) is 6.07 Å². The highest BCUT2D eigenvalue weighted by Crippen LogP contribution is 2.41. The van der Waals surface area contributed by atoms with E-state index in [1.807, 2.05) is 6.07 Å². The van der Waals surface area contributed by atoms with Crippen molar-refractivity contribution >= 4 is 27.8 Å². The standard InChI is InChI=1S/C12H12F3N3OS/c13-12(14,15)3-4-18-11-7(5-16)8(17)10(20-11)9(19)6-1-2-6/h6,18H,1-4,17H2. The summed E-state index contributed by atoms with van der Waals surface area (Å²) in [5.41, 5.74) is 5.87. The number of nitrogen functional groups attached to an aromatic ring is 1. The fraction of sp³-hybridized carbons (Fsp3) is 0.500. The number of rotatable bonds is 5. The third kappa shape index (κ3) is 3.22. The number of nitrogens with two attached hydrogens (primary N) is 1. The molecule has 4 nitrogen and oxygen atoms in total. The summed E-state index contributed by atoms with van der Waals surface area (Å²) >= 11 is 0.962. The highest BCUT2D eigenvalue weighted by molar-refractivity contribution is 7.19. The van der Waals surface area contributed by atoms with Gasteiger partial charge in [-0.2, -0.15) is 18.4 Å². The molecule has 1 aromatic rings. The second-order valence-electron chi connectivity index (χ2n) is 4.59. The molecule has 1 aliphatic carbocycles. The van der Waals surface area contributed by atoms with Gasteiger partial charge >= 0.3 is 6.18 Å². The van der Waals surface area contributed by atoms with Crippen LogP contribution in [0.2, 0.25) is 0 Å². The summed E-state index contributed by atoms with van der Waals surface area (Å²) in [5, 5.41) is 11.8. The summed E-state index contributed by atoms with van der Waals surface area (Å²) < 4.78 is 36.3. The number of nitrogens with zero attached hydrogens (tertiary/aromatic N) is 1. The Morgan fingerprint density at radius 3 is 2.65 bits per heavy atom. The van der Waals surface area contributed by atoms with Gasteiger partial charge in [0.2, 0.25) is 0 Å². The first-order valence-electron chi connectivity index (χ1n) is 6.00. The molecule has 0 radical (unpaired) electrons. The van der Waals surface area contributed by atoms with E-state index in [0.29, 0.717) is 0 Å². The van der Waals surface area contributed by atoms with E-state index in [1.165, 1.54) is 0 Å². The first-order chi connectivity index (χ1) is 9.33. The third-order valence-corrected chi connectivity index (χ3v) is 4.10. The SMILES string of the molecule is N#Cc1c(NCCC(F)(F)F)sc(C(=O)C2CC2)c1N. The fourth-order valence-corrected chi connectivity index (χ4v) is 2.83. The van der Waals surface area contributed by atoms with E-state index in [1.54, 1.807) is 0 Å². The van der Waals surface area contributed by atoms with E-state index in [9.17, 15) is 18.0 Å². The van der Waals surface area contributed by atoms with Crippen molar-refractivity contribution in [2.45, 2.75) is 25.4 Å². The molecule has 2 rings (SSSR count). The van der Waals surface area contributed by atoms with Gasteiger partial charge in [0.25, 0.3) is 0 Å². The van der Waals surface area contributed by atoms with Crippen LogP contribution in [0, 0.1) is 17.2 Å². The lowest BCUT2D eigenvalue weighted by Gasteiger charge is -2.07. The van der Waals surface area contributed by atoms with E-state index in [4.69, 9.17) is 11.0 Å². The summed E-state index contributed by atoms with van der Waals surface area (Å²) in [6, 6.07) is 1.84. The Hall–Kier alpha value is -1.75. The average molecular weight is 303 g/mol. The van der Waals surface area contributed by atoms with Crippen LogP contribution in [0.3, 0.4) is 0 Å². The van der Waals surface area contributed by atoms with Crippen molar-refractivity contribution in [1.29, 1.82) is 5.26 Å². The van der Waals surface area contributed by atoms with E-state index in [2.05, 4.69) is 5.32 Å². The van der Waals surface area contributed by atoms with Gasteiger partial charge in [-0.25, -0.2) is 0 Å². The van der Waals surface area contributed by atoms with Gasteiger partial charge in [0, 0.05) is 12.5 Å². The molecule has 0 saturated heterocycles. The predicted molar refractivity (Wildman–Crippen MR) is 69.7 cm³/mol. The van der Waals surface area contributed by atoms with E-state index < -0.39 is 12.6 Å². The Balaban J connectivity index is 2.14. The highest BCUT2D eigenvalue weighted by Gasteiger charge is 2.34. The Kier molecular flexibility index (Phi) is 3.90. The molecule has 1 heterocycles. The zero-order chi connectivity index (χ0) is 14.9. The summed E-state index contributed by atoms with van der Waals surface area (Å²) in [7, 11) is 0. The maximum atomic E-state index is 12.1. The summed E-state index contributed by atoms with van der Waals surface area (Å²) in [6.07, 6.45) is -3.68. The number of nitriles is 1. The van der Waals surface area contributed by atoms with Crippen LogP contribution >= 0.6 is 11.3 Å². The van der Waals surface area contributed by atoms with Crippen LogP contribution in [0.1, 0.15) is 34.5 Å². The minimum absolute atomic E-state index is 0.0504. The molecule has 1 aromatic heterocycles. The first kappa shape index (κ1) is 14.7. The zero-order valence-corrected chi connectivity index (χ0v) is 11.2. The van der Waals surface area contributed by atoms with Crippen molar-refractivity contribution in [2.75, 3.05) is 17.6 Å². The lowest BCUT2D eigenvalue weighted by molar-refractivity contribution is -0.131. The third-order valence-electron chi connectivity index (χ3n) is 2.92. The second-order valence-corrected chi connectivity index (χ2v) is 5.61. The van der Waals surface area contributed by atoms with Crippen LogP contribution in [0.15, 0.2) is 0 Å². The van der Waals surface area contributed by atoms with Gasteiger partial charge < -0.3 is 11.1 Å². The van der Waals surface area contributed by atoms with Crippen LogP contribution in [0.5, 0.6) is 0 Å². The van der Waals surface area contributed by atoms with E-state index in [0.717, 1.165) is 24.2 Å². The molecule has 1 saturated carbocycles. The molecule has 0 aromatic carbocycles. The number of ketones is 1. The number of hydrogen-bond donors (Lipinski definition) is 2. The van der Waals surface area contributed by atoms with Crippen molar-refractivity contribution in [3.63, 3.8) is 0 Å². The molecule has 0 unspecified atom stereocenters. The minimum Gasteiger partial charge on any atom is -0.396 e. The van der Waals surface area contributed by atoms with Gasteiger partial charge in [-0.15, -0.1) is 11.3 Å². The number of hydrogen-bond acceptors (Lipinski definition) is 5. The van der Waals surface area contributed by atoms with Crippen molar-refractivity contribution in [1.82, 2.24) is 0 Å². The second kappa shape index (κ2) is 5.32. The topological polar surface area (TPSA) is 78.9 Å². The molecule has 0 spiro atoms. The van der Waals surface area contributed by atoms with E-state index >= 15 is 0 Å². The Bertz CT molecular complexity index is 570. The maximum Gasteiger partial charge on any atom is 0.390 e. The Labute approximate surface area is 117 Å². The number of halogens is 3. The van der Waals surface area contributed by atoms with Crippen LogP contribution in [0.25, 0.3) is 0 Å². The first-order valence-corrected chi connectivity index (χ1v) is 6.82. The molecule has 1 fully saturated rings. The smallest absolute Gasteiger partial charge is 0.390 e. The minimum atomic E-state index is -4.27. The van der Waals surface area contributed by atoms with Gasteiger partial charge in [-0.3, -0.25) is 4.79 Å². The lowest BCUT2D eigenvalue weighted by atomic mass is 10.1. The van der Waals surface area contributed by atoms with Gasteiger partial charge in [-0.05, 0) is 12.8 Å². The normalized spacial score (nSPS) is 14.9. The predicted octanol–water partition coefficient (Wildman–Crippen LogP) is 3.16. The van der Waals surface area contributed by atoms with Gasteiger partial charge in [0.1, 0.15) is 16.6 Å². The molecule has 0 aliphatic heterocycles. The molecular weight excluding hydrogens is 291 g/mol. The number of thiophene rings is 1. The zero-order valence-electron chi connectivity index (χ0n) is 10.4. The number of anilines is 2. The maximum absolute atomic E-state index is 12.1. The summed E-state index contributed by atoms with van der Waals surface area (Å²) in [5.74, 6) is -0.168. The molecular formula is C12H12F3N3OS. The molecule has 3 N–H and O–H groups in total.